The van der Waals surface area contributed by atoms with Gasteiger partial charge in [-0.2, -0.15) is 0 Å². The van der Waals surface area contributed by atoms with Crippen molar-refractivity contribution < 1.29 is 13.9 Å². The van der Waals surface area contributed by atoms with Crippen molar-refractivity contribution >= 4 is 5.91 Å². The number of nitrogens with zero attached hydrogens (tertiary/aromatic N) is 2. The Morgan fingerprint density at radius 3 is 2.72 bits per heavy atom. The molecule has 6 heteroatoms. The van der Waals surface area contributed by atoms with Gasteiger partial charge in [0.25, 0.3) is 5.56 Å². The summed E-state index contributed by atoms with van der Waals surface area (Å²) < 4.78 is 19.6. The van der Waals surface area contributed by atoms with Crippen LogP contribution in [0.1, 0.15) is 30.9 Å². The highest BCUT2D eigenvalue weighted by Crippen LogP contribution is 2.31. The summed E-state index contributed by atoms with van der Waals surface area (Å²) in [4.78, 5) is 26.8. The van der Waals surface area contributed by atoms with Crippen LogP contribution in [0.3, 0.4) is 0 Å². The second kappa shape index (κ2) is 7.51. The van der Waals surface area contributed by atoms with Gasteiger partial charge in [-0.25, -0.2) is 4.39 Å². The maximum Gasteiger partial charge on any atom is 0.293 e. The number of halogens is 1. The molecule has 1 saturated heterocycles. The summed E-state index contributed by atoms with van der Waals surface area (Å²) in [5.74, 6) is -0.200. The Morgan fingerprint density at radius 2 is 2.00 bits per heavy atom. The second-order valence-electron chi connectivity index (χ2n) is 6.16. The van der Waals surface area contributed by atoms with E-state index in [1.54, 1.807) is 35.4 Å². The lowest BCUT2D eigenvalue weighted by atomic mass is 9.95. The first-order chi connectivity index (χ1) is 12.1. The van der Waals surface area contributed by atoms with E-state index in [0.717, 1.165) is 24.8 Å². The molecule has 3 rings (SSSR count). The number of aromatic nitrogens is 1. The number of carbonyl (C=O) groups is 1. The monoisotopic (exact) mass is 344 g/mol. The number of rotatable bonds is 4. The molecule has 0 bridgehead atoms. The smallest absolute Gasteiger partial charge is 0.293 e. The maximum atomic E-state index is 13.2. The van der Waals surface area contributed by atoms with E-state index in [0.29, 0.717) is 6.54 Å². The minimum Gasteiger partial charge on any atom is -0.491 e. The van der Waals surface area contributed by atoms with Crippen LogP contribution in [0.2, 0.25) is 0 Å². The van der Waals surface area contributed by atoms with Crippen LogP contribution in [0.15, 0.2) is 47.4 Å². The van der Waals surface area contributed by atoms with E-state index >= 15 is 0 Å². The van der Waals surface area contributed by atoms with E-state index in [2.05, 4.69) is 0 Å². The van der Waals surface area contributed by atoms with Crippen molar-refractivity contribution in [3.63, 3.8) is 0 Å². The Morgan fingerprint density at radius 1 is 1.24 bits per heavy atom. The van der Waals surface area contributed by atoms with E-state index in [-0.39, 0.29) is 35.6 Å². The van der Waals surface area contributed by atoms with Gasteiger partial charge in [0.05, 0.1) is 13.2 Å². The highest BCUT2D eigenvalue weighted by Gasteiger charge is 2.28. The molecule has 1 aliphatic rings. The average Bonchev–Trinajstić information content (AvgIpc) is 2.64. The van der Waals surface area contributed by atoms with Crippen LogP contribution < -0.4 is 10.3 Å². The Labute approximate surface area is 145 Å². The van der Waals surface area contributed by atoms with Crippen molar-refractivity contribution in [2.75, 3.05) is 13.7 Å². The molecular formula is C19H21FN2O3. The van der Waals surface area contributed by atoms with Crippen LogP contribution >= 0.6 is 0 Å². The molecule has 0 radical (unpaired) electrons. The topological polar surface area (TPSA) is 51.5 Å². The van der Waals surface area contributed by atoms with Crippen LogP contribution in [0.5, 0.6) is 5.75 Å². The Hall–Kier alpha value is -2.63. The molecule has 0 saturated carbocycles. The number of piperidine rings is 1. The molecule has 1 fully saturated rings. The summed E-state index contributed by atoms with van der Waals surface area (Å²) in [6, 6.07) is 9.46. The van der Waals surface area contributed by atoms with Gasteiger partial charge in [0, 0.05) is 12.7 Å². The predicted molar refractivity (Wildman–Crippen MR) is 92.0 cm³/mol. The normalized spacial score (nSPS) is 17.4. The molecule has 2 heterocycles. The number of hydrogen-bond donors (Lipinski definition) is 0. The zero-order valence-electron chi connectivity index (χ0n) is 14.2. The Balaban J connectivity index is 1.82. The van der Waals surface area contributed by atoms with Gasteiger partial charge in [-0.15, -0.1) is 0 Å². The third-order valence-electron chi connectivity index (χ3n) is 4.59. The number of amides is 1. The van der Waals surface area contributed by atoms with Crippen molar-refractivity contribution in [2.45, 2.75) is 31.8 Å². The van der Waals surface area contributed by atoms with Crippen LogP contribution in [-0.2, 0) is 11.3 Å². The van der Waals surface area contributed by atoms with Gasteiger partial charge in [0.2, 0.25) is 5.91 Å². The Kier molecular flexibility index (Phi) is 5.16. The van der Waals surface area contributed by atoms with Crippen molar-refractivity contribution in [1.29, 1.82) is 0 Å². The molecule has 132 valence electrons. The summed E-state index contributed by atoms with van der Waals surface area (Å²) in [6.07, 6.45) is 4.37. The van der Waals surface area contributed by atoms with Gasteiger partial charge in [-0.1, -0.05) is 12.1 Å². The van der Waals surface area contributed by atoms with Gasteiger partial charge in [0.1, 0.15) is 12.4 Å². The summed E-state index contributed by atoms with van der Waals surface area (Å²) in [6.45, 7) is 0.604. The molecule has 1 aliphatic heterocycles. The first-order valence-corrected chi connectivity index (χ1v) is 8.38. The van der Waals surface area contributed by atoms with Gasteiger partial charge in [-0.3, -0.25) is 9.59 Å². The fourth-order valence-corrected chi connectivity index (χ4v) is 3.29. The van der Waals surface area contributed by atoms with Gasteiger partial charge >= 0.3 is 0 Å². The molecule has 1 atom stereocenters. The predicted octanol–water partition coefficient (Wildman–Crippen LogP) is 2.75. The molecule has 0 aliphatic carbocycles. The second-order valence-corrected chi connectivity index (χ2v) is 6.16. The molecule has 25 heavy (non-hydrogen) atoms. The number of carbonyl (C=O) groups excluding carboxylic acids is 1. The highest BCUT2D eigenvalue weighted by atomic mass is 19.1. The third-order valence-corrected chi connectivity index (χ3v) is 4.59. The van der Waals surface area contributed by atoms with Gasteiger partial charge in [-0.05, 0) is 49.1 Å². The number of pyridine rings is 1. The van der Waals surface area contributed by atoms with Crippen molar-refractivity contribution in [3.05, 3.63) is 64.3 Å². The first-order valence-electron chi connectivity index (χ1n) is 8.38. The van der Waals surface area contributed by atoms with Gasteiger partial charge in [0.15, 0.2) is 5.75 Å². The zero-order valence-corrected chi connectivity index (χ0v) is 14.2. The molecule has 1 unspecified atom stereocenters. The first kappa shape index (κ1) is 17.2. The molecule has 0 spiro atoms. The van der Waals surface area contributed by atoms with Crippen molar-refractivity contribution in [2.24, 2.45) is 0 Å². The lowest BCUT2D eigenvalue weighted by Gasteiger charge is -2.36. The van der Waals surface area contributed by atoms with Gasteiger partial charge < -0.3 is 14.2 Å². The number of benzene rings is 1. The number of ether oxygens (including phenoxy) is 1. The SMILES string of the molecule is COc1cccn(CC(=O)N2CCCCC2c2ccc(F)cc2)c1=O. The standard InChI is InChI=1S/C19H21FN2O3/c1-25-17-6-4-11-21(19(17)24)13-18(23)22-12-3-2-5-16(22)14-7-9-15(20)10-8-14/h4,6-11,16H,2-3,5,12-13H2,1H3. The number of likely N-dealkylation sites (tertiary alicyclic amines) is 1. The molecule has 1 aromatic heterocycles. The minimum atomic E-state index is -0.325. The number of methoxy groups -OCH3 is 1. The van der Waals surface area contributed by atoms with E-state index in [4.69, 9.17) is 4.74 Å². The fourth-order valence-electron chi connectivity index (χ4n) is 3.29. The van der Waals surface area contributed by atoms with Crippen LogP contribution in [0, 0.1) is 5.82 Å². The summed E-state index contributed by atoms with van der Waals surface area (Å²) >= 11 is 0. The van der Waals surface area contributed by atoms with E-state index in [1.165, 1.54) is 23.8 Å². The molecule has 2 aromatic rings. The summed E-state index contributed by atoms with van der Waals surface area (Å²) in [5.41, 5.74) is 0.598. The van der Waals surface area contributed by atoms with Crippen molar-refractivity contribution in [3.8, 4) is 5.75 Å². The minimum absolute atomic E-state index is 0.0340. The highest BCUT2D eigenvalue weighted by molar-refractivity contribution is 5.76. The lowest BCUT2D eigenvalue weighted by Crippen LogP contribution is -2.41. The van der Waals surface area contributed by atoms with Crippen LogP contribution in [0.25, 0.3) is 0 Å². The zero-order chi connectivity index (χ0) is 17.8. The summed E-state index contributed by atoms with van der Waals surface area (Å²) in [5, 5.41) is 0. The molecule has 5 nitrogen and oxygen atoms in total. The maximum absolute atomic E-state index is 13.2. The lowest BCUT2D eigenvalue weighted by molar-refractivity contribution is -0.135. The summed E-state index contributed by atoms with van der Waals surface area (Å²) in [7, 11) is 1.43. The van der Waals surface area contributed by atoms with Crippen LogP contribution in [0.4, 0.5) is 4.39 Å². The quantitative estimate of drug-likeness (QED) is 0.857. The largest absolute Gasteiger partial charge is 0.491 e. The van der Waals surface area contributed by atoms with Crippen LogP contribution in [-0.4, -0.2) is 29.0 Å². The van der Waals surface area contributed by atoms with Crippen molar-refractivity contribution in [1.82, 2.24) is 9.47 Å². The molecule has 1 aromatic carbocycles. The fraction of sp³-hybridized carbons (Fsp3) is 0.368. The molecule has 0 N–H and O–H groups in total. The Bertz CT molecular complexity index is 801. The molecular weight excluding hydrogens is 323 g/mol. The van der Waals surface area contributed by atoms with E-state index < -0.39 is 0 Å². The number of hydrogen-bond acceptors (Lipinski definition) is 3. The average molecular weight is 344 g/mol. The molecule has 1 amide bonds. The third kappa shape index (κ3) is 3.73. The van der Waals surface area contributed by atoms with E-state index in [9.17, 15) is 14.0 Å². The van der Waals surface area contributed by atoms with E-state index in [1.807, 2.05) is 0 Å².